The molecule has 1 aromatic carbocycles. The molecule has 1 aromatic rings. The number of nitrogens with zero attached hydrogens (tertiary/aromatic N) is 1. The molecule has 4 rings (SSSR count). The molecule has 5 heteroatoms. The highest BCUT2D eigenvalue weighted by Crippen LogP contribution is 2.35. The van der Waals surface area contributed by atoms with E-state index in [1.165, 1.54) is 18.4 Å². The number of anilines is 1. The average Bonchev–Trinajstić information content (AvgIpc) is 2.76. The number of ether oxygens (including phenoxy) is 1. The van der Waals surface area contributed by atoms with E-state index in [0.717, 1.165) is 42.9 Å². The van der Waals surface area contributed by atoms with Gasteiger partial charge in [0, 0.05) is 42.8 Å². The lowest BCUT2D eigenvalue weighted by atomic mass is 9.84. The van der Waals surface area contributed by atoms with Crippen molar-refractivity contribution in [2.75, 3.05) is 25.6 Å². The van der Waals surface area contributed by atoms with Crippen LogP contribution in [0.3, 0.4) is 0 Å². The van der Waals surface area contributed by atoms with Crippen LogP contribution in [-0.4, -0.2) is 38.7 Å². The lowest BCUT2D eigenvalue weighted by molar-refractivity contribution is -0.121. The number of fused-ring (bicyclic) bond motifs is 1. The molecule has 3 unspecified atom stereocenters. The first-order valence-electron chi connectivity index (χ1n) is 10.9. The lowest BCUT2D eigenvalue weighted by Crippen LogP contribution is -2.54. The van der Waals surface area contributed by atoms with Crippen molar-refractivity contribution in [2.45, 2.75) is 51.2 Å². The van der Waals surface area contributed by atoms with E-state index in [2.05, 4.69) is 47.1 Å². The van der Waals surface area contributed by atoms with Gasteiger partial charge >= 0.3 is 0 Å². The zero-order chi connectivity index (χ0) is 20.4. The van der Waals surface area contributed by atoms with Crippen molar-refractivity contribution in [3.05, 3.63) is 47.6 Å². The van der Waals surface area contributed by atoms with E-state index in [0.29, 0.717) is 18.0 Å². The zero-order valence-corrected chi connectivity index (χ0v) is 17.8. The largest absolute Gasteiger partial charge is 0.496 e. The number of nitrogens with one attached hydrogen (secondary N) is 2. The SMILES string of the molecule is COc1cc2c(cc1CNC1CCCN[C@H]1C1C=CC=CC1)N(C)C(=O)C(C)C2. The normalized spacial score (nSPS) is 29.1. The first kappa shape index (κ1) is 20.2. The third-order valence-corrected chi connectivity index (χ3v) is 6.66. The quantitative estimate of drug-likeness (QED) is 0.804. The summed E-state index contributed by atoms with van der Waals surface area (Å²) < 4.78 is 5.71. The van der Waals surface area contributed by atoms with E-state index in [-0.39, 0.29) is 11.8 Å². The number of amides is 1. The Balaban J connectivity index is 1.52. The first-order valence-corrected chi connectivity index (χ1v) is 10.9. The summed E-state index contributed by atoms with van der Waals surface area (Å²) >= 11 is 0. The standard InChI is InChI=1S/C24H33N3O2/c1-16-12-18-14-22(29-3)19(13-21(18)27(2)24(16)28)15-26-20-10-7-11-25-23(20)17-8-5-4-6-9-17/h4-6,8,13-14,16-17,20,23,25-26H,7,9-12,15H2,1-3H3/t16?,17?,20?,23-/m0/s1. The van der Waals surface area contributed by atoms with Crippen molar-refractivity contribution in [1.82, 2.24) is 10.6 Å². The van der Waals surface area contributed by atoms with Crippen LogP contribution in [0, 0.1) is 11.8 Å². The Morgan fingerprint density at radius 2 is 2.17 bits per heavy atom. The van der Waals surface area contributed by atoms with E-state index >= 15 is 0 Å². The van der Waals surface area contributed by atoms with Crippen LogP contribution in [0.1, 0.15) is 37.3 Å². The van der Waals surface area contributed by atoms with Gasteiger partial charge in [-0.15, -0.1) is 0 Å². The van der Waals surface area contributed by atoms with Gasteiger partial charge in [-0.25, -0.2) is 0 Å². The summed E-state index contributed by atoms with van der Waals surface area (Å²) in [6.07, 6.45) is 13.1. The first-order chi connectivity index (χ1) is 14.1. The molecular weight excluding hydrogens is 362 g/mol. The van der Waals surface area contributed by atoms with Crippen molar-refractivity contribution < 1.29 is 9.53 Å². The summed E-state index contributed by atoms with van der Waals surface area (Å²) in [5, 5.41) is 7.54. The number of piperidine rings is 1. The summed E-state index contributed by atoms with van der Waals surface area (Å²) in [5.74, 6) is 1.66. The maximum Gasteiger partial charge on any atom is 0.229 e. The van der Waals surface area contributed by atoms with E-state index < -0.39 is 0 Å². The van der Waals surface area contributed by atoms with Gasteiger partial charge in [-0.1, -0.05) is 31.2 Å². The molecule has 156 valence electrons. The third-order valence-electron chi connectivity index (χ3n) is 6.66. The maximum absolute atomic E-state index is 12.4. The Labute approximate surface area is 174 Å². The van der Waals surface area contributed by atoms with Gasteiger partial charge in [-0.3, -0.25) is 4.79 Å². The summed E-state index contributed by atoms with van der Waals surface area (Å²) in [7, 11) is 3.61. The van der Waals surface area contributed by atoms with Crippen molar-refractivity contribution >= 4 is 11.6 Å². The molecule has 1 aliphatic carbocycles. The summed E-state index contributed by atoms with van der Waals surface area (Å²) in [4.78, 5) is 14.2. The van der Waals surface area contributed by atoms with E-state index in [4.69, 9.17) is 4.74 Å². The monoisotopic (exact) mass is 395 g/mol. The molecule has 2 aliphatic heterocycles. The molecule has 1 amide bonds. The van der Waals surface area contributed by atoms with Crippen molar-refractivity contribution in [3.8, 4) is 5.75 Å². The molecule has 29 heavy (non-hydrogen) atoms. The molecular formula is C24H33N3O2. The van der Waals surface area contributed by atoms with Gasteiger partial charge in [0.15, 0.2) is 0 Å². The molecule has 1 saturated heterocycles. The average molecular weight is 396 g/mol. The highest BCUT2D eigenvalue weighted by molar-refractivity contribution is 5.97. The Bertz CT molecular complexity index is 817. The van der Waals surface area contributed by atoms with Crippen LogP contribution < -0.4 is 20.3 Å². The van der Waals surface area contributed by atoms with E-state index in [1.54, 1.807) is 12.0 Å². The molecule has 1 fully saturated rings. The van der Waals surface area contributed by atoms with Crippen LogP contribution in [-0.2, 0) is 17.8 Å². The number of carbonyl (C=O) groups is 1. The van der Waals surface area contributed by atoms with Gasteiger partial charge in [0.1, 0.15) is 5.75 Å². The second-order valence-corrected chi connectivity index (χ2v) is 8.62. The van der Waals surface area contributed by atoms with Crippen LogP contribution in [0.2, 0.25) is 0 Å². The van der Waals surface area contributed by atoms with Crippen LogP contribution in [0.25, 0.3) is 0 Å². The fourth-order valence-corrected chi connectivity index (χ4v) is 5.02. The fraction of sp³-hybridized carbons (Fsp3) is 0.542. The Morgan fingerprint density at radius 3 is 2.93 bits per heavy atom. The van der Waals surface area contributed by atoms with Gasteiger partial charge in [-0.05, 0) is 55.8 Å². The Kier molecular flexibility index (Phi) is 6.07. The predicted octanol–water partition coefficient (Wildman–Crippen LogP) is 3.19. The molecule has 0 spiro atoms. The lowest BCUT2D eigenvalue weighted by Gasteiger charge is -2.38. The molecule has 0 aromatic heterocycles. The fourth-order valence-electron chi connectivity index (χ4n) is 5.02. The number of allylic oxidation sites excluding steroid dienone is 3. The number of carbonyl (C=O) groups excluding carboxylic acids is 1. The third kappa shape index (κ3) is 4.12. The van der Waals surface area contributed by atoms with Crippen LogP contribution in [0.4, 0.5) is 5.69 Å². The number of hydrogen-bond donors (Lipinski definition) is 2. The molecule has 0 radical (unpaired) electrons. The van der Waals surface area contributed by atoms with Crippen LogP contribution in [0.5, 0.6) is 5.75 Å². The van der Waals surface area contributed by atoms with E-state index in [1.807, 2.05) is 14.0 Å². The molecule has 0 saturated carbocycles. The zero-order valence-electron chi connectivity index (χ0n) is 17.8. The minimum atomic E-state index is 0.0212. The molecule has 4 atom stereocenters. The summed E-state index contributed by atoms with van der Waals surface area (Å²) in [5.41, 5.74) is 3.32. The number of hydrogen-bond acceptors (Lipinski definition) is 4. The highest BCUT2D eigenvalue weighted by atomic mass is 16.5. The molecule has 3 aliphatic rings. The molecule has 2 heterocycles. The highest BCUT2D eigenvalue weighted by Gasteiger charge is 2.31. The van der Waals surface area contributed by atoms with Gasteiger partial charge < -0.3 is 20.3 Å². The number of methoxy groups -OCH3 is 1. The van der Waals surface area contributed by atoms with Gasteiger partial charge in [0.05, 0.1) is 7.11 Å². The minimum absolute atomic E-state index is 0.0212. The van der Waals surface area contributed by atoms with Crippen molar-refractivity contribution in [1.29, 1.82) is 0 Å². The van der Waals surface area contributed by atoms with Gasteiger partial charge in [0.25, 0.3) is 0 Å². The van der Waals surface area contributed by atoms with Crippen molar-refractivity contribution in [2.24, 2.45) is 11.8 Å². The topological polar surface area (TPSA) is 53.6 Å². The maximum atomic E-state index is 12.4. The summed E-state index contributed by atoms with van der Waals surface area (Å²) in [6, 6.07) is 5.12. The van der Waals surface area contributed by atoms with Gasteiger partial charge in [-0.2, -0.15) is 0 Å². The Morgan fingerprint density at radius 1 is 1.31 bits per heavy atom. The molecule has 5 nitrogen and oxygen atoms in total. The van der Waals surface area contributed by atoms with Gasteiger partial charge in [0.2, 0.25) is 5.91 Å². The predicted molar refractivity (Wildman–Crippen MR) is 117 cm³/mol. The molecule has 0 bridgehead atoms. The Hall–Kier alpha value is -2.11. The smallest absolute Gasteiger partial charge is 0.229 e. The molecule has 2 N–H and O–H groups in total. The van der Waals surface area contributed by atoms with Crippen LogP contribution >= 0.6 is 0 Å². The number of benzene rings is 1. The summed E-state index contributed by atoms with van der Waals surface area (Å²) in [6.45, 7) is 3.82. The van der Waals surface area contributed by atoms with Crippen molar-refractivity contribution in [3.63, 3.8) is 0 Å². The number of rotatable bonds is 5. The van der Waals surface area contributed by atoms with Crippen LogP contribution in [0.15, 0.2) is 36.4 Å². The van der Waals surface area contributed by atoms with E-state index in [9.17, 15) is 4.79 Å². The second-order valence-electron chi connectivity index (χ2n) is 8.62. The minimum Gasteiger partial charge on any atom is -0.496 e. The second kappa shape index (κ2) is 8.72.